The van der Waals surface area contributed by atoms with Gasteiger partial charge in [0.1, 0.15) is 23.9 Å². The van der Waals surface area contributed by atoms with Gasteiger partial charge in [-0.3, -0.25) is 4.79 Å². The number of fused-ring (bicyclic) bond motifs is 2. The number of ether oxygens (including phenoxy) is 6. The van der Waals surface area contributed by atoms with Gasteiger partial charge in [-0.15, -0.1) is 0 Å². The Balaban J connectivity index is 1.57. The zero-order chi connectivity index (χ0) is 38.2. The number of Topliss-reactive ketones (excluding diaryl/α,β-unsaturated/α-hetero) is 1. The zero-order valence-corrected chi connectivity index (χ0v) is 30.7. The second-order valence-corrected chi connectivity index (χ2v) is 16.3. The van der Waals surface area contributed by atoms with Crippen molar-refractivity contribution >= 4 is 35.8 Å². The van der Waals surface area contributed by atoms with E-state index >= 15 is 0 Å². The number of allylic oxidation sites excluding steroid dienone is 3. The van der Waals surface area contributed by atoms with Gasteiger partial charge in [-0.05, 0) is 70.8 Å². The van der Waals surface area contributed by atoms with Gasteiger partial charge in [-0.2, -0.15) is 0 Å². The fourth-order valence-corrected chi connectivity index (χ4v) is 9.47. The summed E-state index contributed by atoms with van der Waals surface area (Å²) in [6.07, 6.45) is -6.34. The summed E-state index contributed by atoms with van der Waals surface area (Å²) in [6.45, 7) is 14.8. The van der Waals surface area contributed by atoms with Gasteiger partial charge in [0, 0.05) is 23.8 Å². The minimum Gasteiger partial charge on any atom is -0.467 e. The summed E-state index contributed by atoms with van der Waals surface area (Å²) >= 11 is 0. The van der Waals surface area contributed by atoms with Crippen molar-refractivity contribution in [1.82, 2.24) is 5.32 Å². The normalized spacial score (nSPS) is 37.3. The van der Waals surface area contributed by atoms with Gasteiger partial charge in [0.2, 0.25) is 11.7 Å². The number of ketones is 1. The first kappa shape index (κ1) is 38.4. The number of aliphatic hydroxyl groups excluding tert-OH is 2. The van der Waals surface area contributed by atoms with E-state index in [9.17, 15) is 39.0 Å². The third-order valence-electron chi connectivity index (χ3n) is 11.3. The third-order valence-corrected chi connectivity index (χ3v) is 11.3. The van der Waals surface area contributed by atoms with Gasteiger partial charge in [0.25, 0.3) is 0 Å². The number of aliphatic hydroxyl groups is 2. The first-order valence-corrected chi connectivity index (χ1v) is 17.2. The average molecular weight is 720 g/mol. The van der Waals surface area contributed by atoms with Crippen molar-refractivity contribution < 1.29 is 67.4 Å². The van der Waals surface area contributed by atoms with Gasteiger partial charge in [-0.1, -0.05) is 26.3 Å². The molecule has 4 fully saturated rings. The Bertz CT molecular complexity index is 1590. The predicted octanol–water partition coefficient (Wildman–Crippen LogP) is 2.05. The van der Waals surface area contributed by atoms with Crippen molar-refractivity contribution in [3.05, 3.63) is 23.0 Å². The molecule has 2 bridgehead atoms. The van der Waals surface area contributed by atoms with Crippen LogP contribution in [0.5, 0.6) is 0 Å². The van der Waals surface area contributed by atoms with Crippen LogP contribution in [0.2, 0.25) is 0 Å². The highest BCUT2D eigenvalue weighted by Crippen LogP contribution is 2.72. The summed E-state index contributed by atoms with van der Waals surface area (Å²) in [7, 11) is 1.07. The topological polar surface area (TPSA) is 210 Å². The van der Waals surface area contributed by atoms with Crippen LogP contribution < -0.4 is 5.32 Å². The second-order valence-electron chi connectivity index (χ2n) is 16.3. The van der Waals surface area contributed by atoms with E-state index in [1.807, 2.05) is 0 Å². The fraction of sp³-hybridized carbons (Fsp3) is 0.722. The van der Waals surface area contributed by atoms with Crippen molar-refractivity contribution in [2.45, 2.75) is 117 Å². The molecule has 0 aromatic carbocycles. The molecule has 15 nitrogen and oxygen atoms in total. The van der Waals surface area contributed by atoms with Crippen LogP contribution in [0.15, 0.2) is 23.0 Å². The van der Waals surface area contributed by atoms with E-state index in [1.54, 1.807) is 62.3 Å². The van der Waals surface area contributed by atoms with Crippen LogP contribution in [0.1, 0.15) is 75.2 Å². The number of hydrogen-bond acceptors (Lipinski definition) is 14. The molecule has 2 saturated heterocycles. The van der Waals surface area contributed by atoms with E-state index in [2.05, 4.69) is 5.32 Å². The molecular formula is C36H49NO14. The molecule has 1 unspecified atom stereocenters. The molecule has 2 saturated carbocycles. The monoisotopic (exact) mass is 719 g/mol. The number of methoxy groups -OCH3 is 1. The van der Waals surface area contributed by atoms with Crippen molar-refractivity contribution in [2.75, 3.05) is 13.7 Å². The Morgan fingerprint density at radius 2 is 1.73 bits per heavy atom. The number of hydrogen-bond donors (Lipinski definition) is 3. The Labute approximate surface area is 296 Å². The molecule has 0 radical (unpaired) electrons. The summed E-state index contributed by atoms with van der Waals surface area (Å²) in [5, 5.41) is 26.3. The van der Waals surface area contributed by atoms with Crippen molar-refractivity contribution in [1.29, 1.82) is 0 Å². The third kappa shape index (κ3) is 5.94. The van der Waals surface area contributed by atoms with Crippen LogP contribution >= 0.6 is 0 Å². The molecule has 2 heterocycles. The van der Waals surface area contributed by atoms with Crippen LogP contribution in [0.3, 0.4) is 0 Å². The van der Waals surface area contributed by atoms with Gasteiger partial charge in [0.15, 0.2) is 11.5 Å². The summed E-state index contributed by atoms with van der Waals surface area (Å²) in [5.41, 5.74) is -4.81. The second kappa shape index (κ2) is 13.0. The molecule has 1 amide bonds. The Morgan fingerprint density at radius 1 is 1.08 bits per heavy atom. The lowest BCUT2D eigenvalue weighted by atomic mass is 9.38. The van der Waals surface area contributed by atoms with Gasteiger partial charge < -0.3 is 44.0 Å². The summed E-state index contributed by atoms with van der Waals surface area (Å²) < 4.78 is 33.9. The van der Waals surface area contributed by atoms with Crippen LogP contribution in [-0.2, 0) is 52.4 Å². The van der Waals surface area contributed by atoms with E-state index in [-0.39, 0.29) is 25.2 Å². The first-order valence-electron chi connectivity index (χ1n) is 17.2. The molecule has 51 heavy (non-hydrogen) atoms. The minimum atomic E-state index is -2.31. The van der Waals surface area contributed by atoms with E-state index in [0.29, 0.717) is 11.1 Å². The van der Waals surface area contributed by atoms with E-state index in [1.165, 1.54) is 0 Å². The molecule has 5 aliphatic rings. The van der Waals surface area contributed by atoms with E-state index in [4.69, 9.17) is 28.4 Å². The highest BCUT2D eigenvalue weighted by molar-refractivity contribution is 5.99. The smallest absolute Gasteiger partial charge is 0.408 e. The summed E-state index contributed by atoms with van der Waals surface area (Å²) in [5.74, 6) is -8.14. The van der Waals surface area contributed by atoms with Gasteiger partial charge in [-0.25, -0.2) is 24.0 Å². The molecule has 3 aliphatic carbocycles. The highest BCUT2D eigenvalue weighted by Gasteiger charge is 2.85. The summed E-state index contributed by atoms with van der Waals surface area (Å²) in [4.78, 5) is 80.4. The Morgan fingerprint density at radius 3 is 2.29 bits per heavy atom. The maximum absolute atomic E-state index is 14.0. The molecule has 3 N–H and O–H groups in total. The molecular weight excluding hydrogens is 670 g/mol. The Hall–Kier alpha value is -3.82. The van der Waals surface area contributed by atoms with Crippen LogP contribution in [0.25, 0.3) is 0 Å². The lowest BCUT2D eigenvalue weighted by Gasteiger charge is -2.67. The lowest BCUT2D eigenvalue weighted by molar-refractivity contribution is -0.290. The molecule has 5 rings (SSSR count). The highest BCUT2D eigenvalue weighted by atomic mass is 16.6. The molecule has 0 aromatic rings. The SMILES string of the molecule is COC(=O)[C@@]12OC[C@]34C([C@@H](O)[C@@H]1O)[C@@]1(C)CC(=O)C(OC(=O)[C@@H](NC(=O)OC(C)(C)C)C(C)C)=C(C)[C@@H]1C[C@H]3OC(=O)[C@H](OC(=O)C=C(C)C)[C@@H]24. The number of esters is 4. The number of alkyl carbamates (subject to hydrolysis) is 1. The molecule has 15 heteroatoms. The van der Waals surface area contributed by atoms with Crippen LogP contribution in [0.4, 0.5) is 4.79 Å². The fourth-order valence-electron chi connectivity index (χ4n) is 9.47. The zero-order valence-electron chi connectivity index (χ0n) is 30.7. The van der Waals surface area contributed by atoms with E-state index < -0.39 is 112 Å². The molecule has 2 aliphatic heterocycles. The molecule has 11 atom stereocenters. The van der Waals surface area contributed by atoms with E-state index in [0.717, 1.165) is 13.2 Å². The number of amides is 1. The maximum Gasteiger partial charge on any atom is 0.408 e. The molecule has 0 aromatic heterocycles. The lowest BCUT2D eigenvalue weighted by Crippen LogP contribution is -2.79. The maximum atomic E-state index is 14.0. The average Bonchev–Trinajstić information content (AvgIpc) is 3.31. The number of carbonyl (C=O) groups is 6. The largest absolute Gasteiger partial charge is 0.467 e. The molecule has 1 spiro atoms. The Kier molecular flexibility index (Phi) is 9.79. The first-order chi connectivity index (χ1) is 23.6. The van der Waals surface area contributed by atoms with Gasteiger partial charge >= 0.3 is 30.0 Å². The number of carbonyl (C=O) groups excluding carboxylic acids is 6. The summed E-state index contributed by atoms with van der Waals surface area (Å²) in [6, 6.07) is -1.17. The van der Waals surface area contributed by atoms with Crippen molar-refractivity contribution in [3.8, 4) is 0 Å². The quantitative estimate of drug-likeness (QED) is 0.195. The van der Waals surface area contributed by atoms with Crippen LogP contribution in [0, 0.1) is 34.5 Å². The van der Waals surface area contributed by atoms with Crippen LogP contribution in [-0.4, -0.2) is 101 Å². The number of rotatable bonds is 7. The minimum absolute atomic E-state index is 0.0528. The standard InChI is InChI=1S/C36H49NO14/c1-15(2)11-21(39)49-25-27-35-14-47-36(27,31(44)46-10)28(41)23(40)26(35)34(9)13-19(38)24(17(5)18(34)12-20(35)48-30(25)43)50-29(42)22(16(3)4)37-32(45)51-33(6,7)8/h11,16,18,20,22-23,25-28,40-41H,12-14H2,1-10H3,(H,37,45)/t18-,20+,22-,23+,25+,26?,27+,28-,34-,35+,36-/m0/s1. The predicted molar refractivity (Wildman–Crippen MR) is 174 cm³/mol. The number of nitrogens with one attached hydrogen (secondary N) is 1. The molecule has 282 valence electrons. The van der Waals surface area contributed by atoms with Crippen molar-refractivity contribution in [3.63, 3.8) is 0 Å². The van der Waals surface area contributed by atoms with Crippen molar-refractivity contribution in [2.24, 2.45) is 34.5 Å². The van der Waals surface area contributed by atoms with Gasteiger partial charge in [0.05, 0.1) is 25.7 Å².